The Morgan fingerprint density at radius 2 is 2.00 bits per heavy atom. The monoisotopic (exact) mass is 321 g/mol. The number of nitrogens with one attached hydrogen (secondary N) is 2. The van der Waals surface area contributed by atoms with E-state index in [4.69, 9.17) is 4.42 Å². The van der Waals surface area contributed by atoms with Crippen molar-refractivity contribution in [2.45, 2.75) is 51.6 Å². The van der Waals surface area contributed by atoms with Crippen molar-refractivity contribution >= 4 is 17.8 Å². The predicted molar refractivity (Wildman–Crippen MR) is 83.3 cm³/mol. The van der Waals surface area contributed by atoms with Gasteiger partial charge in [0.2, 0.25) is 5.91 Å². The van der Waals surface area contributed by atoms with E-state index in [1.54, 1.807) is 12.1 Å². The normalized spacial score (nSPS) is 16.5. The molecule has 2 heterocycles. The Kier molecular flexibility index (Phi) is 5.41. The molecule has 1 aliphatic heterocycles. The molecule has 23 heavy (non-hydrogen) atoms. The first-order valence-electron chi connectivity index (χ1n) is 7.95. The number of hydrogen-bond donors (Lipinski definition) is 2. The van der Waals surface area contributed by atoms with Crippen molar-refractivity contribution in [3.05, 3.63) is 24.2 Å². The summed E-state index contributed by atoms with van der Waals surface area (Å²) in [6.07, 6.45) is 4.24. The van der Waals surface area contributed by atoms with Crippen LogP contribution in [0.3, 0.4) is 0 Å². The van der Waals surface area contributed by atoms with Gasteiger partial charge >= 0.3 is 6.03 Å². The largest absolute Gasteiger partial charge is 0.467 e. The molecule has 7 nitrogen and oxygen atoms in total. The SMILES string of the molecule is CCCC1(CCC)NC(=O)N(CC(=O)NCc2ccco2)C1=O. The van der Waals surface area contributed by atoms with E-state index in [1.165, 1.54) is 6.26 Å². The second-order valence-corrected chi connectivity index (χ2v) is 5.76. The van der Waals surface area contributed by atoms with Crippen molar-refractivity contribution in [3.8, 4) is 0 Å². The highest BCUT2D eigenvalue weighted by atomic mass is 16.3. The third kappa shape index (κ3) is 3.72. The Labute approximate surface area is 135 Å². The van der Waals surface area contributed by atoms with Crippen LogP contribution in [0.4, 0.5) is 4.79 Å². The molecule has 0 aromatic carbocycles. The molecular formula is C16H23N3O4. The quantitative estimate of drug-likeness (QED) is 0.714. The van der Waals surface area contributed by atoms with E-state index in [-0.39, 0.29) is 19.0 Å². The number of carbonyl (C=O) groups excluding carboxylic acids is 3. The van der Waals surface area contributed by atoms with E-state index in [0.717, 1.165) is 17.7 Å². The lowest BCUT2D eigenvalue weighted by Crippen LogP contribution is -2.47. The Morgan fingerprint density at radius 3 is 2.57 bits per heavy atom. The van der Waals surface area contributed by atoms with Crippen LogP contribution >= 0.6 is 0 Å². The third-order valence-corrected chi connectivity index (χ3v) is 3.94. The lowest BCUT2D eigenvalue weighted by Gasteiger charge is -2.25. The summed E-state index contributed by atoms with van der Waals surface area (Å²) in [5, 5.41) is 5.42. The van der Waals surface area contributed by atoms with Crippen LogP contribution < -0.4 is 10.6 Å². The van der Waals surface area contributed by atoms with Crippen molar-refractivity contribution < 1.29 is 18.8 Å². The lowest BCUT2D eigenvalue weighted by molar-refractivity contribution is -0.135. The van der Waals surface area contributed by atoms with Crippen LogP contribution in [-0.4, -0.2) is 34.8 Å². The molecule has 7 heteroatoms. The molecular weight excluding hydrogens is 298 g/mol. The fourth-order valence-corrected chi connectivity index (χ4v) is 2.94. The highest BCUT2D eigenvalue weighted by Gasteiger charge is 2.50. The fourth-order valence-electron chi connectivity index (χ4n) is 2.94. The number of amides is 4. The lowest BCUT2D eigenvalue weighted by atomic mass is 9.88. The van der Waals surface area contributed by atoms with Crippen LogP contribution in [0.15, 0.2) is 22.8 Å². The summed E-state index contributed by atoms with van der Waals surface area (Å²) in [6.45, 7) is 3.89. The molecule has 1 saturated heterocycles. The van der Waals surface area contributed by atoms with Gasteiger partial charge in [0.25, 0.3) is 5.91 Å². The summed E-state index contributed by atoms with van der Waals surface area (Å²) in [4.78, 5) is 37.7. The van der Waals surface area contributed by atoms with Gasteiger partial charge in [-0.1, -0.05) is 26.7 Å². The molecule has 1 aromatic rings. The van der Waals surface area contributed by atoms with E-state index in [1.807, 2.05) is 13.8 Å². The minimum absolute atomic E-state index is 0.227. The van der Waals surface area contributed by atoms with Gasteiger partial charge in [0.1, 0.15) is 17.8 Å². The standard InChI is InChI=1S/C16H23N3O4/c1-3-7-16(8-4-2)14(21)19(15(22)18-16)11-13(20)17-10-12-6-5-9-23-12/h5-6,9H,3-4,7-8,10-11H2,1-2H3,(H,17,20)(H,18,22). The summed E-state index contributed by atoms with van der Waals surface area (Å²) >= 11 is 0. The topological polar surface area (TPSA) is 91.7 Å². The molecule has 1 fully saturated rings. The first-order valence-corrected chi connectivity index (χ1v) is 7.95. The van der Waals surface area contributed by atoms with Gasteiger partial charge in [-0.15, -0.1) is 0 Å². The Balaban J connectivity index is 1.97. The van der Waals surface area contributed by atoms with E-state index < -0.39 is 17.5 Å². The van der Waals surface area contributed by atoms with Crippen molar-refractivity contribution in [1.29, 1.82) is 0 Å². The zero-order valence-corrected chi connectivity index (χ0v) is 13.6. The van der Waals surface area contributed by atoms with Crippen molar-refractivity contribution in [1.82, 2.24) is 15.5 Å². The average molecular weight is 321 g/mol. The summed E-state index contributed by atoms with van der Waals surface area (Å²) in [5.41, 5.74) is -0.859. The number of urea groups is 1. The first-order chi connectivity index (χ1) is 11.0. The van der Waals surface area contributed by atoms with Gasteiger partial charge in [0.05, 0.1) is 12.8 Å². The molecule has 0 unspecified atom stereocenters. The fraction of sp³-hybridized carbons (Fsp3) is 0.562. The zero-order chi connectivity index (χ0) is 16.9. The molecule has 2 N–H and O–H groups in total. The third-order valence-electron chi connectivity index (χ3n) is 3.94. The molecule has 0 radical (unpaired) electrons. The van der Waals surface area contributed by atoms with Crippen LogP contribution in [0, 0.1) is 0 Å². The van der Waals surface area contributed by atoms with Crippen LogP contribution in [-0.2, 0) is 16.1 Å². The maximum atomic E-state index is 12.6. The van der Waals surface area contributed by atoms with Gasteiger partial charge in [-0.05, 0) is 25.0 Å². The number of furan rings is 1. The molecule has 0 spiro atoms. The van der Waals surface area contributed by atoms with Gasteiger partial charge in [0, 0.05) is 0 Å². The van der Waals surface area contributed by atoms with Gasteiger partial charge in [-0.2, -0.15) is 0 Å². The Hall–Kier alpha value is -2.31. The second-order valence-electron chi connectivity index (χ2n) is 5.76. The minimum atomic E-state index is -0.859. The van der Waals surface area contributed by atoms with Crippen LogP contribution in [0.5, 0.6) is 0 Å². The number of imide groups is 1. The van der Waals surface area contributed by atoms with Crippen LogP contribution in [0.2, 0.25) is 0 Å². The number of nitrogens with zero attached hydrogens (tertiary/aromatic N) is 1. The number of rotatable bonds is 8. The molecule has 1 aliphatic rings. The van der Waals surface area contributed by atoms with Gasteiger partial charge in [-0.25, -0.2) is 4.79 Å². The summed E-state index contributed by atoms with van der Waals surface area (Å²) < 4.78 is 5.12. The first kappa shape index (κ1) is 17.1. The number of carbonyl (C=O) groups is 3. The van der Waals surface area contributed by atoms with Gasteiger partial charge < -0.3 is 15.1 Å². The molecule has 0 saturated carbocycles. The molecule has 2 rings (SSSR count). The van der Waals surface area contributed by atoms with Crippen LogP contribution in [0.25, 0.3) is 0 Å². The van der Waals surface area contributed by atoms with E-state index in [2.05, 4.69) is 10.6 Å². The second kappa shape index (κ2) is 7.30. The predicted octanol–water partition coefficient (Wildman–Crippen LogP) is 1.79. The van der Waals surface area contributed by atoms with Gasteiger partial charge in [-0.3, -0.25) is 14.5 Å². The number of hydrogen-bond acceptors (Lipinski definition) is 4. The van der Waals surface area contributed by atoms with Crippen molar-refractivity contribution in [2.75, 3.05) is 6.54 Å². The summed E-state index contributed by atoms with van der Waals surface area (Å²) in [6, 6.07) is 2.97. The molecule has 0 bridgehead atoms. The molecule has 1 aromatic heterocycles. The van der Waals surface area contributed by atoms with E-state index in [0.29, 0.717) is 18.6 Å². The molecule has 0 atom stereocenters. The molecule has 4 amide bonds. The van der Waals surface area contributed by atoms with Crippen molar-refractivity contribution in [3.63, 3.8) is 0 Å². The minimum Gasteiger partial charge on any atom is -0.467 e. The molecule has 126 valence electrons. The van der Waals surface area contributed by atoms with E-state index >= 15 is 0 Å². The molecule has 0 aliphatic carbocycles. The highest BCUT2D eigenvalue weighted by Crippen LogP contribution is 2.27. The highest BCUT2D eigenvalue weighted by molar-refractivity contribution is 6.09. The van der Waals surface area contributed by atoms with Gasteiger partial charge in [0.15, 0.2) is 0 Å². The summed E-state index contributed by atoms with van der Waals surface area (Å²) in [5.74, 6) is -0.0880. The smallest absolute Gasteiger partial charge is 0.325 e. The van der Waals surface area contributed by atoms with E-state index in [9.17, 15) is 14.4 Å². The Bertz CT molecular complexity index is 562. The maximum Gasteiger partial charge on any atom is 0.325 e. The maximum absolute atomic E-state index is 12.6. The zero-order valence-electron chi connectivity index (χ0n) is 13.6. The summed E-state index contributed by atoms with van der Waals surface area (Å²) in [7, 11) is 0. The Morgan fingerprint density at radius 1 is 1.30 bits per heavy atom. The van der Waals surface area contributed by atoms with Crippen LogP contribution in [0.1, 0.15) is 45.3 Å². The average Bonchev–Trinajstić information content (AvgIpc) is 3.10. The van der Waals surface area contributed by atoms with Crippen molar-refractivity contribution in [2.24, 2.45) is 0 Å².